The highest BCUT2D eigenvalue weighted by Gasteiger charge is 2.35. The Morgan fingerprint density at radius 3 is 2.48 bits per heavy atom. The van der Waals surface area contributed by atoms with Gasteiger partial charge in [0.1, 0.15) is 0 Å². The molecule has 1 amide bonds. The summed E-state index contributed by atoms with van der Waals surface area (Å²) in [5, 5.41) is 3.42. The summed E-state index contributed by atoms with van der Waals surface area (Å²) in [4.78, 5) is 21.0. The largest absolute Gasteiger partial charge is 0.368 e. The number of carbonyl (C=O) groups excluding carboxylic acids is 1. The molecule has 0 bridgehead atoms. The quantitative estimate of drug-likeness (QED) is 0.282. The van der Waals surface area contributed by atoms with Crippen LogP contribution in [-0.4, -0.2) is 66.5 Å². The van der Waals surface area contributed by atoms with Gasteiger partial charge >= 0.3 is 0 Å². The van der Waals surface area contributed by atoms with Gasteiger partial charge in [0.15, 0.2) is 5.96 Å². The first-order valence-electron chi connectivity index (χ1n) is 9.18. The molecule has 2 rings (SSSR count). The van der Waals surface area contributed by atoms with E-state index >= 15 is 0 Å². The molecule has 144 valence electrons. The third kappa shape index (κ3) is 6.13. The molecular formula is C18H34IN5O. The van der Waals surface area contributed by atoms with Gasteiger partial charge in [0.25, 0.3) is 0 Å². The van der Waals surface area contributed by atoms with Crippen molar-refractivity contribution in [3.05, 3.63) is 12.2 Å². The maximum Gasteiger partial charge on any atom is 0.237 e. The molecule has 0 aromatic heterocycles. The van der Waals surface area contributed by atoms with Gasteiger partial charge in [-0.25, -0.2) is 0 Å². The highest BCUT2D eigenvalue weighted by molar-refractivity contribution is 14.0. The van der Waals surface area contributed by atoms with Crippen molar-refractivity contribution in [3.8, 4) is 0 Å². The van der Waals surface area contributed by atoms with Crippen LogP contribution in [0.25, 0.3) is 0 Å². The predicted octanol–water partition coefficient (Wildman–Crippen LogP) is 1.81. The summed E-state index contributed by atoms with van der Waals surface area (Å²) < 4.78 is 0. The minimum Gasteiger partial charge on any atom is -0.368 e. The lowest BCUT2D eigenvalue weighted by Crippen LogP contribution is -2.61. The molecule has 0 aromatic carbocycles. The van der Waals surface area contributed by atoms with Gasteiger partial charge in [0.2, 0.25) is 5.91 Å². The number of nitrogens with zero attached hydrogens (tertiary/aromatic N) is 3. The number of hydrogen-bond acceptors (Lipinski definition) is 3. The lowest BCUT2D eigenvalue weighted by molar-refractivity contribution is -0.129. The van der Waals surface area contributed by atoms with E-state index in [-0.39, 0.29) is 29.9 Å². The standard InChI is InChI=1S/C18H33N5O.HI/c1-4-20-17(21-14-15-8-6-5-7-9-15)22-10-12-23(13-11-22)18(2,3)16(19)24;/h5-6,15H,4,7-14H2,1-3H3,(H2,19,24)(H,20,21);1H. The Balaban J connectivity index is 0.00000312. The molecule has 1 aliphatic heterocycles. The zero-order valence-corrected chi connectivity index (χ0v) is 18.2. The number of nitrogens with two attached hydrogens (primary N) is 1. The predicted molar refractivity (Wildman–Crippen MR) is 114 cm³/mol. The lowest BCUT2D eigenvalue weighted by atomic mass is 9.95. The van der Waals surface area contributed by atoms with Crippen LogP contribution >= 0.6 is 24.0 Å². The monoisotopic (exact) mass is 463 g/mol. The third-order valence-corrected chi connectivity index (χ3v) is 5.18. The molecule has 1 fully saturated rings. The molecule has 7 heteroatoms. The smallest absolute Gasteiger partial charge is 0.237 e. The van der Waals surface area contributed by atoms with Crippen molar-refractivity contribution in [3.63, 3.8) is 0 Å². The summed E-state index contributed by atoms with van der Waals surface area (Å²) in [5.41, 5.74) is 4.95. The van der Waals surface area contributed by atoms with E-state index in [1.54, 1.807) is 0 Å². The minimum absolute atomic E-state index is 0. The fourth-order valence-electron chi connectivity index (χ4n) is 3.30. The first-order chi connectivity index (χ1) is 11.4. The maximum absolute atomic E-state index is 11.6. The van der Waals surface area contributed by atoms with Gasteiger partial charge in [-0.2, -0.15) is 0 Å². The number of allylic oxidation sites excluding steroid dienone is 2. The van der Waals surface area contributed by atoms with Crippen LogP contribution in [0.4, 0.5) is 0 Å². The van der Waals surface area contributed by atoms with Crippen molar-refractivity contribution in [1.29, 1.82) is 0 Å². The number of aliphatic imine (C=N–C) groups is 1. The number of halogens is 1. The summed E-state index contributed by atoms with van der Waals surface area (Å²) in [6.45, 7) is 11.1. The molecule has 2 aliphatic rings. The Hall–Kier alpha value is -0.830. The Bertz CT molecular complexity index is 484. The summed E-state index contributed by atoms with van der Waals surface area (Å²) >= 11 is 0. The Morgan fingerprint density at radius 2 is 1.96 bits per heavy atom. The average Bonchev–Trinajstić information content (AvgIpc) is 2.59. The Kier molecular flexibility index (Phi) is 9.20. The van der Waals surface area contributed by atoms with Crippen LogP contribution < -0.4 is 11.1 Å². The molecule has 1 aliphatic carbocycles. The number of nitrogens with one attached hydrogen (secondary N) is 1. The van der Waals surface area contributed by atoms with Gasteiger partial charge in [0.05, 0.1) is 5.54 Å². The molecule has 1 unspecified atom stereocenters. The number of primary amides is 1. The summed E-state index contributed by atoms with van der Waals surface area (Å²) in [6.07, 6.45) is 8.10. The van der Waals surface area contributed by atoms with Crippen molar-refractivity contribution in [2.75, 3.05) is 39.3 Å². The van der Waals surface area contributed by atoms with E-state index in [4.69, 9.17) is 10.7 Å². The van der Waals surface area contributed by atoms with Crippen LogP contribution in [-0.2, 0) is 4.79 Å². The highest BCUT2D eigenvalue weighted by Crippen LogP contribution is 2.19. The van der Waals surface area contributed by atoms with Gasteiger partial charge in [-0.3, -0.25) is 14.7 Å². The first-order valence-corrected chi connectivity index (χ1v) is 9.18. The van der Waals surface area contributed by atoms with E-state index in [0.717, 1.165) is 51.6 Å². The van der Waals surface area contributed by atoms with Crippen molar-refractivity contribution in [2.24, 2.45) is 16.6 Å². The number of rotatable bonds is 5. The van der Waals surface area contributed by atoms with Crippen molar-refractivity contribution < 1.29 is 4.79 Å². The molecule has 0 radical (unpaired) electrons. The van der Waals surface area contributed by atoms with Crippen molar-refractivity contribution in [1.82, 2.24) is 15.1 Å². The molecule has 1 heterocycles. The normalized spacial score (nSPS) is 22.4. The van der Waals surface area contributed by atoms with Gasteiger partial charge < -0.3 is 16.0 Å². The number of carbonyl (C=O) groups is 1. The molecule has 25 heavy (non-hydrogen) atoms. The van der Waals surface area contributed by atoms with Gasteiger partial charge in [-0.1, -0.05) is 12.2 Å². The minimum atomic E-state index is -0.587. The molecule has 1 atom stereocenters. The zero-order valence-electron chi connectivity index (χ0n) is 15.8. The Labute approximate surface area is 169 Å². The van der Waals surface area contributed by atoms with Crippen molar-refractivity contribution >= 4 is 35.8 Å². The fraction of sp³-hybridized carbons (Fsp3) is 0.778. The van der Waals surface area contributed by atoms with Crippen LogP contribution in [0.1, 0.15) is 40.0 Å². The fourth-order valence-corrected chi connectivity index (χ4v) is 3.30. The van der Waals surface area contributed by atoms with Crippen LogP contribution in [0.5, 0.6) is 0 Å². The van der Waals surface area contributed by atoms with Crippen molar-refractivity contribution in [2.45, 2.75) is 45.6 Å². The zero-order chi connectivity index (χ0) is 17.6. The summed E-state index contributed by atoms with van der Waals surface area (Å²) in [7, 11) is 0. The van der Waals surface area contributed by atoms with Gasteiger partial charge in [0, 0.05) is 39.3 Å². The third-order valence-electron chi connectivity index (χ3n) is 5.18. The lowest BCUT2D eigenvalue weighted by Gasteiger charge is -2.43. The van der Waals surface area contributed by atoms with Gasteiger partial charge in [-0.15, -0.1) is 24.0 Å². The highest BCUT2D eigenvalue weighted by atomic mass is 127. The van der Waals surface area contributed by atoms with E-state index in [1.807, 2.05) is 13.8 Å². The van der Waals surface area contributed by atoms with Crippen LogP contribution in [0.3, 0.4) is 0 Å². The van der Waals surface area contributed by atoms with E-state index in [9.17, 15) is 4.79 Å². The molecule has 0 aromatic rings. The molecule has 0 saturated carbocycles. The van der Waals surface area contributed by atoms with E-state index in [1.165, 1.54) is 12.8 Å². The van der Waals surface area contributed by atoms with E-state index in [2.05, 4.69) is 34.2 Å². The van der Waals surface area contributed by atoms with Crippen LogP contribution in [0.15, 0.2) is 17.1 Å². The second-order valence-corrected chi connectivity index (χ2v) is 7.24. The SMILES string of the molecule is CCNC(=NCC1CC=CCC1)N1CCN(C(C)(C)C(N)=O)CC1.I. The molecule has 3 N–H and O–H groups in total. The average molecular weight is 463 g/mol. The number of amides is 1. The van der Waals surface area contributed by atoms with Gasteiger partial charge in [-0.05, 0) is 46.0 Å². The summed E-state index contributed by atoms with van der Waals surface area (Å²) in [5.74, 6) is 1.41. The molecule has 0 spiro atoms. The second kappa shape index (κ2) is 10.4. The first kappa shape index (κ1) is 22.2. The molecule has 1 saturated heterocycles. The molecule has 6 nitrogen and oxygen atoms in total. The topological polar surface area (TPSA) is 74.0 Å². The molecular weight excluding hydrogens is 429 g/mol. The number of piperazine rings is 1. The van der Waals surface area contributed by atoms with Crippen LogP contribution in [0, 0.1) is 5.92 Å². The second-order valence-electron chi connectivity index (χ2n) is 7.24. The summed E-state index contributed by atoms with van der Waals surface area (Å²) in [6, 6.07) is 0. The number of guanidine groups is 1. The van der Waals surface area contributed by atoms with E-state index < -0.39 is 5.54 Å². The van der Waals surface area contributed by atoms with Crippen LogP contribution in [0.2, 0.25) is 0 Å². The van der Waals surface area contributed by atoms with E-state index in [0.29, 0.717) is 5.92 Å². The maximum atomic E-state index is 11.6. The number of hydrogen-bond donors (Lipinski definition) is 2. The Morgan fingerprint density at radius 1 is 1.28 bits per heavy atom.